The van der Waals surface area contributed by atoms with Gasteiger partial charge in [-0.25, -0.2) is 19.6 Å². The number of ether oxygens (including phenoxy) is 1. The monoisotopic (exact) mass is 211 g/mol. The summed E-state index contributed by atoms with van der Waals surface area (Å²) in [5, 5.41) is 11.0. The highest BCUT2D eigenvalue weighted by atomic mass is 16.5. The number of hydrogen-bond acceptors (Lipinski definition) is 5. The molecule has 7 heteroatoms. The molecule has 80 valence electrons. The first-order chi connectivity index (χ1) is 7.13. The molecule has 0 fully saturated rings. The quantitative estimate of drug-likeness (QED) is 0.731. The number of rotatable bonds is 3. The van der Waals surface area contributed by atoms with E-state index in [2.05, 4.69) is 20.0 Å². The van der Waals surface area contributed by atoms with E-state index in [4.69, 9.17) is 5.11 Å². The van der Waals surface area contributed by atoms with Crippen LogP contribution in [-0.2, 0) is 11.3 Å². The number of hydrogen-bond donors (Lipinski definition) is 2. The van der Waals surface area contributed by atoms with Gasteiger partial charge in [0.15, 0.2) is 5.69 Å². The van der Waals surface area contributed by atoms with Crippen molar-refractivity contribution in [2.24, 2.45) is 0 Å². The molecule has 0 unspecified atom stereocenters. The molecule has 1 rings (SSSR count). The lowest BCUT2D eigenvalue weighted by molar-refractivity contribution is 0.0690. The molecule has 0 saturated heterocycles. The molecule has 0 bridgehead atoms. The van der Waals surface area contributed by atoms with Crippen LogP contribution in [0.15, 0.2) is 12.3 Å². The molecule has 1 heterocycles. The third-order valence-electron chi connectivity index (χ3n) is 1.50. The maximum absolute atomic E-state index is 10.7. The number of carboxylic acids is 1. The number of carbonyl (C=O) groups is 2. The van der Waals surface area contributed by atoms with E-state index in [1.54, 1.807) is 0 Å². The molecule has 0 spiro atoms. The molecule has 15 heavy (non-hydrogen) atoms. The van der Waals surface area contributed by atoms with Crippen molar-refractivity contribution in [1.82, 2.24) is 15.3 Å². The van der Waals surface area contributed by atoms with Gasteiger partial charge in [-0.15, -0.1) is 0 Å². The molecule has 1 aromatic rings. The van der Waals surface area contributed by atoms with Gasteiger partial charge in [0.05, 0.1) is 13.7 Å². The molecule has 0 aliphatic carbocycles. The second kappa shape index (κ2) is 4.89. The molecule has 0 saturated carbocycles. The van der Waals surface area contributed by atoms with Gasteiger partial charge < -0.3 is 15.2 Å². The first-order valence-electron chi connectivity index (χ1n) is 4.00. The molecule has 0 atom stereocenters. The summed E-state index contributed by atoms with van der Waals surface area (Å²) in [5.41, 5.74) is -0.119. The minimum Gasteiger partial charge on any atom is -0.477 e. The van der Waals surface area contributed by atoms with E-state index in [-0.39, 0.29) is 18.1 Å². The number of carboxylic acid groups (broad SMARTS) is 1. The fraction of sp³-hybridized carbons (Fsp3) is 0.250. The summed E-state index contributed by atoms with van der Waals surface area (Å²) < 4.78 is 4.33. The van der Waals surface area contributed by atoms with Crippen LogP contribution < -0.4 is 5.32 Å². The minimum absolute atomic E-state index is 0.0216. The smallest absolute Gasteiger partial charge is 0.407 e. The summed E-state index contributed by atoms with van der Waals surface area (Å²) >= 11 is 0. The Bertz CT molecular complexity index is 380. The molecular formula is C8H9N3O4. The average Bonchev–Trinajstić information content (AvgIpc) is 2.26. The normalized spacial score (nSPS) is 9.40. The van der Waals surface area contributed by atoms with Crippen LogP contribution in [0.2, 0.25) is 0 Å². The summed E-state index contributed by atoms with van der Waals surface area (Å²) in [6.07, 6.45) is 0.685. The van der Waals surface area contributed by atoms with Gasteiger partial charge in [-0.05, 0) is 6.07 Å². The highest BCUT2D eigenvalue weighted by Gasteiger charge is 2.06. The van der Waals surface area contributed by atoms with E-state index in [1.807, 2.05) is 0 Å². The van der Waals surface area contributed by atoms with Crippen molar-refractivity contribution in [3.63, 3.8) is 0 Å². The number of alkyl carbamates (subject to hydrolysis) is 1. The first kappa shape index (κ1) is 10.9. The first-order valence-corrected chi connectivity index (χ1v) is 4.00. The summed E-state index contributed by atoms with van der Waals surface area (Å²) in [4.78, 5) is 28.7. The molecule has 0 aromatic carbocycles. The maximum atomic E-state index is 10.7. The molecule has 1 aromatic heterocycles. The van der Waals surface area contributed by atoms with Crippen molar-refractivity contribution < 1.29 is 19.4 Å². The van der Waals surface area contributed by atoms with Gasteiger partial charge in [-0.3, -0.25) is 0 Å². The molecule has 2 N–H and O–H groups in total. The Morgan fingerprint density at radius 3 is 2.93 bits per heavy atom. The topological polar surface area (TPSA) is 101 Å². The van der Waals surface area contributed by atoms with Gasteiger partial charge in [0.2, 0.25) is 0 Å². The number of aromatic carboxylic acids is 1. The van der Waals surface area contributed by atoms with Gasteiger partial charge >= 0.3 is 12.1 Å². The Morgan fingerprint density at radius 2 is 2.33 bits per heavy atom. The van der Waals surface area contributed by atoms with Crippen molar-refractivity contribution in [2.75, 3.05) is 7.11 Å². The lowest BCUT2D eigenvalue weighted by Crippen LogP contribution is -2.23. The summed E-state index contributed by atoms with van der Waals surface area (Å²) in [7, 11) is 1.23. The molecule has 0 aliphatic rings. The van der Waals surface area contributed by atoms with E-state index in [0.717, 1.165) is 0 Å². The Morgan fingerprint density at radius 1 is 1.60 bits per heavy atom. The number of carbonyl (C=O) groups excluding carboxylic acids is 1. The van der Waals surface area contributed by atoms with Crippen molar-refractivity contribution in [3.8, 4) is 0 Å². The molecular weight excluding hydrogens is 202 g/mol. The SMILES string of the molecule is COC(=O)NCc1nccc(C(=O)O)n1. The molecule has 1 amide bonds. The van der Waals surface area contributed by atoms with Crippen LogP contribution >= 0.6 is 0 Å². The van der Waals surface area contributed by atoms with Crippen molar-refractivity contribution in [1.29, 1.82) is 0 Å². The lowest BCUT2D eigenvalue weighted by atomic mass is 10.4. The Balaban J connectivity index is 2.66. The van der Waals surface area contributed by atoms with E-state index >= 15 is 0 Å². The highest BCUT2D eigenvalue weighted by Crippen LogP contribution is 1.95. The van der Waals surface area contributed by atoms with E-state index in [9.17, 15) is 9.59 Å². The zero-order chi connectivity index (χ0) is 11.3. The fourth-order valence-electron chi connectivity index (χ4n) is 0.827. The van der Waals surface area contributed by atoms with Crippen LogP contribution in [0.5, 0.6) is 0 Å². The van der Waals surface area contributed by atoms with Gasteiger partial charge in [0.25, 0.3) is 0 Å². The Labute approximate surface area is 85.1 Å². The van der Waals surface area contributed by atoms with Crippen LogP contribution in [0, 0.1) is 0 Å². The predicted molar refractivity (Wildman–Crippen MR) is 48.2 cm³/mol. The maximum Gasteiger partial charge on any atom is 0.407 e. The van der Waals surface area contributed by atoms with Crippen LogP contribution in [0.25, 0.3) is 0 Å². The minimum atomic E-state index is -1.14. The third kappa shape index (κ3) is 3.22. The number of nitrogens with one attached hydrogen (secondary N) is 1. The summed E-state index contributed by atoms with van der Waals surface area (Å²) in [6, 6.07) is 1.27. The van der Waals surface area contributed by atoms with Gasteiger partial charge in [0.1, 0.15) is 5.82 Å². The van der Waals surface area contributed by atoms with Crippen molar-refractivity contribution in [3.05, 3.63) is 23.8 Å². The highest BCUT2D eigenvalue weighted by molar-refractivity contribution is 5.85. The largest absolute Gasteiger partial charge is 0.477 e. The molecule has 7 nitrogen and oxygen atoms in total. The summed E-state index contributed by atoms with van der Waals surface area (Å²) in [5.74, 6) is -0.933. The number of nitrogens with zero attached hydrogens (tertiary/aromatic N) is 2. The lowest BCUT2D eigenvalue weighted by Gasteiger charge is -2.02. The average molecular weight is 211 g/mol. The Kier molecular flexibility index (Phi) is 3.55. The number of amides is 1. The van der Waals surface area contributed by atoms with Gasteiger partial charge in [-0.1, -0.05) is 0 Å². The van der Waals surface area contributed by atoms with Crippen molar-refractivity contribution in [2.45, 2.75) is 6.54 Å². The fourth-order valence-corrected chi connectivity index (χ4v) is 0.827. The predicted octanol–water partition coefficient (Wildman–Crippen LogP) is 0.0308. The second-order valence-corrected chi connectivity index (χ2v) is 2.51. The van der Waals surface area contributed by atoms with Gasteiger partial charge in [0, 0.05) is 6.20 Å². The summed E-state index contributed by atoms with van der Waals surface area (Å²) in [6.45, 7) is 0.0216. The van der Waals surface area contributed by atoms with Crippen LogP contribution in [0.4, 0.5) is 4.79 Å². The van der Waals surface area contributed by atoms with Crippen molar-refractivity contribution >= 4 is 12.1 Å². The number of methoxy groups -OCH3 is 1. The third-order valence-corrected chi connectivity index (χ3v) is 1.50. The van der Waals surface area contributed by atoms with Crippen LogP contribution in [-0.4, -0.2) is 34.2 Å². The standard InChI is InChI=1S/C8H9N3O4/c1-15-8(14)10-4-6-9-3-2-5(11-6)7(12)13/h2-3H,4H2,1H3,(H,10,14)(H,12,13). The Hall–Kier alpha value is -2.18. The van der Waals surface area contributed by atoms with Crippen LogP contribution in [0.3, 0.4) is 0 Å². The second-order valence-electron chi connectivity index (χ2n) is 2.51. The van der Waals surface area contributed by atoms with E-state index in [1.165, 1.54) is 19.4 Å². The van der Waals surface area contributed by atoms with Crippen LogP contribution in [0.1, 0.15) is 16.3 Å². The number of aromatic nitrogens is 2. The zero-order valence-electron chi connectivity index (χ0n) is 7.93. The zero-order valence-corrected chi connectivity index (χ0v) is 7.93. The van der Waals surface area contributed by atoms with E-state index in [0.29, 0.717) is 0 Å². The molecule has 0 radical (unpaired) electrons. The van der Waals surface area contributed by atoms with E-state index < -0.39 is 12.1 Å². The molecule has 0 aliphatic heterocycles. The van der Waals surface area contributed by atoms with Gasteiger partial charge in [-0.2, -0.15) is 0 Å².